The molecule has 1 unspecified atom stereocenters. The van der Waals surface area contributed by atoms with Gasteiger partial charge in [-0.2, -0.15) is 0 Å². The Labute approximate surface area is 120 Å². The van der Waals surface area contributed by atoms with E-state index in [1.165, 1.54) is 49.7 Å². The highest BCUT2D eigenvalue weighted by molar-refractivity contribution is 9.10. The van der Waals surface area contributed by atoms with Gasteiger partial charge < -0.3 is 4.90 Å². The predicted octanol–water partition coefficient (Wildman–Crippen LogP) is 4.43. The van der Waals surface area contributed by atoms with Gasteiger partial charge in [0.1, 0.15) is 0 Å². The SMILES string of the molecule is CCCN(CCC)C1CCc2cccc(Br)c2C1. The molecule has 0 spiro atoms. The van der Waals surface area contributed by atoms with E-state index in [1.807, 2.05) is 0 Å². The van der Waals surface area contributed by atoms with Crippen LogP contribution in [0.15, 0.2) is 22.7 Å². The van der Waals surface area contributed by atoms with E-state index >= 15 is 0 Å². The minimum absolute atomic E-state index is 0.746. The van der Waals surface area contributed by atoms with Crippen molar-refractivity contribution in [2.75, 3.05) is 13.1 Å². The lowest BCUT2D eigenvalue weighted by molar-refractivity contribution is 0.180. The van der Waals surface area contributed by atoms with Crippen LogP contribution in [0.2, 0.25) is 0 Å². The van der Waals surface area contributed by atoms with E-state index in [-0.39, 0.29) is 0 Å². The third-order valence-corrected chi connectivity index (χ3v) is 4.68. The number of rotatable bonds is 5. The van der Waals surface area contributed by atoms with Crippen LogP contribution in [0.4, 0.5) is 0 Å². The molecule has 0 aromatic heterocycles. The number of halogens is 1. The summed E-state index contributed by atoms with van der Waals surface area (Å²) in [4.78, 5) is 2.70. The Morgan fingerprint density at radius 2 is 1.94 bits per heavy atom. The first-order valence-corrected chi connectivity index (χ1v) is 8.05. The Morgan fingerprint density at radius 3 is 2.61 bits per heavy atom. The van der Waals surface area contributed by atoms with Crippen LogP contribution in [0.3, 0.4) is 0 Å². The predicted molar refractivity (Wildman–Crippen MR) is 82.1 cm³/mol. The van der Waals surface area contributed by atoms with Crippen molar-refractivity contribution in [3.8, 4) is 0 Å². The highest BCUT2D eigenvalue weighted by Gasteiger charge is 2.24. The van der Waals surface area contributed by atoms with Crippen LogP contribution in [0.25, 0.3) is 0 Å². The van der Waals surface area contributed by atoms with Gasteiger partial charge in [-0.25, -0.2) is 0 Å². The molecule has 1 aromatic carbocycles. The summed E-state index contributed by atoms with van der Waals surface area (Å²) >= 11 is 3.72. The van der Waals surface area contributed by atoms with E-state index in [9.17, 15) is 0 Å². The van der Waals surface area contributed by atoms with Crippen LogP contribution in [-0.2, 0) is 12.8 Å². The molecule has 0 saturated heterocycles. The second-order valence-electron chi connectivity index (χ2n) is 5.31. The molecule has 2 rings (SSSR count). The summed E-state index contributed by atoms with van der Waals surface area (Å²) < 4.78 is 1.30. The zero-order valence-electron chi connectivity index (χ0n) is 11.6. The van der Waals surface area contributed by atoms with Gasteiger partial charge in [0.2, 0.25) is 0 Å². The summed E-state index contributed by atoms with van der Waals surface area (Å²) in [6, 6.07) is 7.39. The largest absolute Gasteiger partial charge is 0.300 e. The minimum Gasteiger partial charge on any atom is -0.300 e. The first-order valence-electron chi connectivity index (χ1n) is 7.26. The van der Waals surface area contributed by atoms with E-state index < -0.39 is 0 Å². The van der Waals surface area contributed by atoms with Crippen molar-refractivity contribution in [2.24, 2.45) is 0 Å². The van der Waals surface area contributed by atoms with Gasteiger partial charge in [0, 0.05) is 10.5 Å². The summed E-state index contributed by atoms with van der Waals surface area (Å²) in [5.41, 5.74) is 3.10. The molecule has 1 aliphatic rings. The van der Waals surface area contributed by atoms with Gasteiger partial charge in [-0.1, -0.05) is 41.9 Å². The summed E-state index contributed by atoms with van der Waals surface area (Å²) in [7, 11) is 0. The van der Waals surface area contributed by atoms with Gasteiger partial charge in [-0.15, -0.1) is 0 Å². The molecular formula is C16H24BrN. The third-order valence-electron chi connectivity index (χ3n) is 3.94. The number of aryl methyl sites for hydroxylation is 1. The maximum absolute atomic E-state index is 3.72. The van der Waals surface area contributed by atoms with Crippen molar-refractivity contribution in [2.45, 2.75) is 52.0 Å². The van der Waals surface area contributed by atoms with E-state index in [4.69, 9.17) is 0 Å². The molecular weight excluding hydrogens is 286 g/mol. The second-order valence-corrected chi connectivity index (χ2v) is 6.16. The molecule has 0 saturated carbocycles. The molecule has 0 amide bonds. The molecule has 2 heteroatoms. The number of nitrogens with zero attached hydrogens (tertiary/aromatic N) is 1. The molecule has 0 radical (unpaired) electrons. The minimum atomic E-state index is 0.746. The van der Waals surface area contributed by atoms with E-state index in [1.54, 1.807) is 11.1 Å². The smallest absolute Gasteiger partial charge is 0.0210 e. The van der Waals surface area contributed by atoms with Gasteiger partial charge in [0.25, 0.3) is 0 Å². The van der Waals surface area contributed by atoms with Gasteiger partial charge in [0.15, 0.2) is 0 Å². The Hall–Kier alpha value is -0.340. The van der Waals surface area contributed by atoms with E-state index in [0.717, 1.165) is 6.04 Å². The summed E-state index contributed by atoms with van der Waals surface area (Å²) in [5.74, 6) is 0. The molecule has 1 atom stereocenters. The fourth-order valence-electron chi connectivity index (χ4n) is 3.09. The van der Waals surface area contributed by atoms with Gasteiger partial charge in [-0.3, -0.25) is 0 Å². The topological polar surface area (TPSA) is 3.24 Å². The van der Waals surface area contributed by atoms with Gasteiger partial charge >= 0.3 is 0 Å². The van der Waals surface area contributed by atoms with Crippen LogP contribution in [-0.4, -0.2) is 24.0 Å². The summed E-state index contributed by atoms with van der Waals surface area (Å²) in [6.45, 7) is 7.07. The quantitative estimate of drug-likeness (QED) is 0.778. The average Bonchev–Trinajstić information content (AvgIpc) is 2.39. The fraction of sp³-hybridized carbons (Fsp3) is 0.625. The standard InChI is InChI=1S/C16H24BrN/c1-3-10-18(11-4-2)14-9-8-13-6-5-7-16(17)15(13)12-14/h5-7,14H,3-4,8-12H2,1-2H3. The fourth-order valence-corrected chi connectivity index (χ4v) is 3.66. The first kappa shape index (κ1) is 14.1. The van der Waals surface area contributed by atoms with E-state index in [0.29, 0.717) is 0 Å². The Bertz CT molecular complexity index is 383. The van der Waals surface area contributed by atoms with Crippen molar-refractivity contribution in [3.63, 3.8) is 0 Å². The molecule has 0 bridgehead atoms. The molecule has 0 aliphatic heterocycles. The molecule has 1 aromatic rings. The number of hydrogen-bond donors (Lipinski definition) is 0. The highest BCUT2D eigenvalue weighted by Crippen LogP contribution is 2.30. The van der Waals surface area contributed by atoms with E-state index in [2.05, 4.69) is 52.9 Å². The van der Waals surface area contributed by atoms with Crippen molar-refractivity contribution in [1.82, 2.24) is 4.90 Å². The lowest BCUT2D eigenvalue weighted by Gasteiger charge is -2.35. The Balaban J connectivity index is 2.12. The van der Waals surface area contributed by atoms with Crippen LogP contribution in [0.5, 0.6) is 0 Å². The zero-order valence-corrected chi connectivity index (χ0v) is 13.2. The van der Waals surface area contributed by atoms with Gasteiger partial charge in [0.05, 0.1) is 0 Å². The second kappa shape index (κ2) is 6.72. The van der Waals surface area contributed by atoms with Crippen LogP contribution in [0, 0.1) is 0 Å². The molecule has 100 valence electrons. The molecule has 0 N–H and O–H groups in total. The van der Waals surface area contributed by atoms with Crippen molar-refractivity contribution in [1.29, 1.82) is 0 Å². The summed E-state index contributed by atoms with van der Waals surface area (Å²) in [6.07, 6.45) is 6.31. The van der Waals surface area contributed by atoms with Crippen molar-refractivity contribution in [3.05, 3.63) is 33.8 Å². The molecule has 18 heavy (non-hydrogen) atoms. The monoisotopic (exact) mass is 309 g/mol. The molecule has 0 heterocycles. The molecule has 0 fully saturated rings. The lowest BCUT2D eigenvalue weighted by atomic mass is 9.87. The van der Waals surface area contributed by atoms with Crippen LogP contribution >= 0.6 is 15.9 Å². The Kier molecular flexibility index (Phi) is 5.25. The number of benzene rings is 1. The molecule has 1 nitrogen and oxygen atoms in total. The maximum Gasteiger partial charge on any atom is 0.0210 e. The lowest BCUT2D eigenvalue weighted by Crippen LogP contribution is -2.40. The third kappa shape index (κ3) is 3.16. The Morgan fingerprint density at radius 1 is 1.22 bits per heavy atom. The highest BCUT2D eigenvalue weighted by atomic mass is 79.9. The van der Waals surface area contributed by atoms with Crippen LogP contribution < -0.4 is 0 Å². The van der Waals surface area contributed by atoms with Crippen LogP contribution in [0.1, 0.15) is 44.2 Å². The number of fused-ring (bicyclic) bond motifs is 1. The normalized spacial score (nSPS) is 19.0. The summed E-state index contributed by atoms with van der Waals surface area (Å²) in [5, 5.41) is 0. The molecule has 1 aliphatic carbocycles. The zero-order chi connectivity index (χ0) is 13.0. The van der Waals surface area contributed by atoms with Crippen molar-refractivity contribution >= 4 is 15.9 Å². The average molecular weight is 310 g/mol. The number of hydrogen-bond acceptors (Lipinski definition) is 1. The van der Waals surface area contributed by atoms with Gasteiger partial charge in [-0.05, 0) is 62.4 Å². The first-order chi connectivity index (χ1) is 8.76. The van der Waals surface area contributed by atoms with Crippen molar-refractivity contribution < 1.29 is 0 Å². The maximum atomic E-state index is 3.72.